The van der Waals surface area contributed by atoms with Gasteiger partial charge in [-0.25, -0.2) is 17.8 Å². The second-order valence-corrected chi connectivity index (χ2v) is 9.39. The van der Waals surface area contributed by atoms with Crippen LogP contribution in [0.1, 0.15) is 12.5 Å². The van der Waals surface area contributed by atoms with Gasteiger partial charge in [0.2, 0.25) is 16.0 Å². The normalized spacial score (nSPS) is 11.8. The molecule has 0 aliphatic heterocycles. The minimum Gasteiger partial charge on any atom is -0.337 e. The van der Waals surface area contributed by atoms with E-state index in [2.05, 4.69) is 25.9 Å². The van der Waals surface area contributed by atoms with Crippen molar-refractivity contribution < 1.29 is 26.0 Å². The highest BCUT2D eigenvalue weighted by molar-refractivity contribution is 7.92. The standard InChI is InChI=1S/C21H21ClF4N6O2S/c1-2-27-10-13-7-8-15(23)18(9-13)30-20-28-11-14(22)19(31-20)29-16-5-3-4-6-17(16)32-35(33,34)12-21(24,25)26/h3-9,11,27,32H,2,10,12H2,1H3,(H2,28,29,30,31). The van der Waals surface area contributed by atoms with Crippen molar-refractivity contribution in [2.75, 3.05) is 27.7 Å². The summed E-state index contributed by atoms with van der Waals surface area (Å²) in [6.07, 6.45) is -3.68. The molecule has 1 heterocycles. The number of nitrogens with one attached hydrogen (secondary N) is 4. The second-order valence-electron chi connectivity index (χ2n) is 7.26. The minimum atomic E-state index is -4.91. The number of rotatable bonds is 10. The zero-order valence-electron chi connectivity index (χ0n) is 18.2. The van der Waals surface area contributed by atoms with E-state index in [-0.39, 0.29) is 33.9 Å². The predicted octanol–water partition coefficient (Wildman–Crippen LogP) is 5.17. The molecule has 0 aliphatic rings. The van der Waals surface area contributed by atoms with Crippen LogP contribution in [0.4, 0.5) is 46.4 Å². The molecule has 4 N–H and O–H groups in total. The lowest BCUT2D eigenvalue weighted by Gasteiger charge is -2.16. The summed E-state index contributed by atoms with van der Waals surface area (Å²) in [5, 5.41) is 8.70. The van der Waals surface area contributed by atoms with E-state index < -0.39 is 27.8 Å². The van der Waals surface area contributed by atoms with Crippen LogP contribution in [-0.4, -0.2) is 36.9 Å². The van der Waals surface area contributed by atoms with Crippen LogP contribution in [-0.2, 0) is 16.6 Å². The van der Waals surface area contributed by atoms with Gasteiger partial charge in [-0.05, 0) is 36.4 Å². The maximum atomic E-state index is 14.3. The van der Waals surface area contributed by atoms with Crippen molar-refractivity contribution in [2.45, 2.75) is 19.6 Å². The molecule has 0 radical (unpaired) electrons. The van der Waals surface area contributed by atoms with E-state index in [1.54, 1.807) is 12.1 Å². The summed E-state index contributed by atoms with van der Waals surface area (Å²) in [5.74, 6) is -2.60. The van der Waals surface area contributed by atoms with Crippen LogP contribution in [0.3, 0.4) is 0 Å². The van der Waals surface area contributed by atoms with Crippen molar-refractivity contribution in [3.05, 3.63) is 65.1 Å². The van der Waals surface area contributed by atoms with Crippen LogP contribution < -0.4 is 20.7 Å². The molecule has 3 rings (SSSR count). The van der Waals surface area contributed by atoms with Crippen LogP contribution in [0.25, 0.3) is 0 Å². The molecule has 0 unspecified atom stereocenters. The average molecular weight is 533 g/mol. The first-order valence-electron chi connectivity index (χ1n) is 10.2. The Hall–Kier alpha value is -3.16. The van der Waals surface area contributed by atoms with Gasteiger partial charge in [0.05, 0.1) is 23.3 Å². The monoisotopic (exact) mass is 532 g/mol. The summed E-state index contributed by atoms with van der Waals surface area (Å²) in [6.45, 7) is 3.21. The predicted molar refractivity (Wildman–Crippen MR) is 127 cm³/mol. The van der Waals surface area contributed by atoms with E-state index in [1.807, 2.05) is 11.6 Å². The van der Waals surface area contributed by atoms with Gasteiger partial charge in [0.25, 0.3) is 0 Å². The number of halogens is 5. The molecular formula is C21H21ClF4N6O2S. The highest BCUT2D eigenvalue weighted by Gasteiger charge is 2.35. The van der Waals surface area contributed by atoms with Gasteiger partial charge in [0.15, 0.2) is 11.6 Å². The summed E-state index contributed by atoms with van der Waals surface area (Å²) in [5.41, 5.74) is 0.879. The fourth-order valence-electron chi connectivity index (χ4n) is 2.91. The van der Waals surface area contributed by atoms with Gasteiger partial charge in [-0.1, -0.05) is 36.7 Å². The Morgan fingerprint density at radius 2 is 1.74 bits per heavy atom. The molecule has 3 aromatic rings. The van der Waals surface area contributed by atoms with E-state index in [4.69, 9.17) is 11.6 Å². The molecule has 14 heteroatoms. The Morgan fingerprint density at radius 1 is 1.03 bits per heavy atom. The van der Waals surface area contributed by atoms with Crippen LogP contribution in [0, 0.1) is 5.82 Å². The third kappa shape index (κ3) is 7.94. The van der Waals surface area contributed by atoms with Gasteiger partial charge in [-0.2, -0.15) is 18.2 Å². The molecule has 0 saturated heterocycles. The van der Waals surface area contributed by atoms with Gasteiger partial charge in [0.1, 0.15) is 10.8 Å². The van der Waals surface area contributed by atoms with E-state index in [0.717, 1.165) is 12.1 Å². The van der Waals surface area contributed by atoms with E-state index >= 15 is 0 Å². The maximum absolute atomic E-state index is 14.3. The summed E-state index contributed by atoms with van der Waals surface area (Å²) in [7, 11) is -4.72. The van der Waals surface area contributed by atoms with Crippen molar-refractivity contribution in [3.63, 3.8) is 0 Å². The van der Waals surface area contributed by atoms with E-state index in [9.17, 15) is 26.0 Å². The summed E-state index contributed by atoms with van der Waals surface area (Å²) < 4.78 is 77.8. The number of para-hydroxylation sites is 2. The smallest absolute Gasteiger partial charge is 0.337 e. The largest absolute Gasteiger partial charge is 0.404 e. The molecule has 0 atom stereocenters. The molecule has 0 fully saturated rings. The van der Waals surface area contributed by atoms with Gasteiger partial charge >= 0.3 is 6.18 Å². The van der Waals surface area contributed by atoms with Gasteiger partial charge in [0, 0.05) is 6.54 Å². The maximum Gasteiger partial charge on any atom is 0.404 e. The summed E-state index contributed by atoms with van der Waals surface area (Å²) in [4.78, 5) is 8.21. The quantitative estimate of drug-likeness (QED) is 0.267. The fourth-order valence-corrected chi connectivity index (χ4v) is 4.07. The molecule has 35 heavy (non-hydrogen) atoms. The molecule has 8 nitrogen and oxygen atoms in total. The molecule has 0 spiro atoms. The van der Waals surface area contributed by atoms with Crippen molar-refractivity contribution in [3.8, 4) is 0 Å². The third-order valence-electron chi connectivity index (χ3n) is 4.40. The Kier molecular flexibility index (Phi) is 8.35. The molecular weight excluding hydrogens is 512 g/mol. The first kappa shape index (κ1) is 26.4. The van der Waals surface area contributed by atoms with Crippen molar-refractivity contribution in [1.82, 2.24) is 15.3 Å². The number of alkyl halides is 3. The topological polar surface area (TPSA) is 108 Å². The number of aromatic nitrogens is 2. The first-order valence-corrected chi connectivity index (χ1v) is 12.2. The lowest BCUT2D eigenvalue weighted by Crippen LogP contribution is -2.28. The molecule has 0 saturated carbocycles. The van der Waals surface area contributed by atoms with E-state index in [0.29, 0.717) is 6.54 Å². The van der Waals surface area contributed by atoms with E-state index in [1.165, 1.54) is 36.5 Å². The second kappa shape index (κ2) is 11.1. The lowest BCUT2D eigenvalue weighted by atomic mass is 10.2. The van der Waals surface area contributed by atoms with Crippen molar-refractivity contribution >= 4 is 50.5 Å². The highest BCUT2D eigenvalue weighted by atomic mass is 35.5. The Bertz CT molecular complexity index is 1290. The molecule has 2 aromatic carbocycles. The van der Waals surface area contributed by atoms with Crippen LogP contribution in [0.2, 0.25) is 5.02 Å². The number of anilines is 5. The van der Waals surface area contributed by atoms with Crippen LogP contribution >= 0.6 is 11.6 Å². The Morgan fingerprint density at radius 3 is 2.43 bits per heavy atom. The number of hydrogen-bond donors (Lipinski definition) is 4. The number of benzene rings is 2. The SMILES string of the molecule is CCNCc1ccc(F)c(Nc2ncc(Cl)c(Nc3ccccc3NS(=O)(=O)CC(F)(F)F)n2)c1. The lowest BCUT2D eigenvalue weighted by molar-refractivity contribution is -0.106. The molecule has 0 amide bonds. The van der Waals surface area contributed by atoms with Gasteiger partial charge < -0.3 is 16.0 Å². The van der Waals surface area contributed by atoms with Gasteiger partial charge in [-0.15, -0.1) is 0 Å². The number of hydrogen-bond acceptors (Lipinski definition) is 7. The number of sulfonamides is 1. The molecule has 0 aliphatic carbocycles. The Balaban J connectivity index is 1.84. The van der Waals surface area contributed by atoms with Gasteiger partial charge in [-0.3, -0.25) is 4.72 Å². The Labute approximate surface area is 204 Å². The third-order valence-corrected chi connectivity index (χ3v) is 5.91. The average Bonchev–Trinajstić information content (AvgIpc) is 2.76. The molecule has 1 aromatic heterocycles. The summed E-state index contributed by atoms with van der Waals surface area (Å²) >= 11 is 6.15. The zero-order chi connectivity index (χ0) is 25.6. The fraction of sp³-hybridized carbons (Fsp3) is 0.238. The molecule has 188 valence electrons. The summed E-state index contributed by atoms with van der Waals surface area (Å²) in [6, 6.07) is 10.2. The van der Waals surface area contributed by atoms with Crippen molar-refractivity contribution in [2.24, 2.45) is 0 Å². The van der Waals surface area contributed by atoms with Crippen molar-refractivity contribution in [1.29, 1.82) is 0 Å². The van der Waals surface area contributed by atoms with Crippen LogP contribution in [0.5, 0.6) is 0 Å². The minimum absolute atomic E-state index is 0.0100. The van der Waals surface area contributed by atoms with Crippen LogP contribution in [0.15, 0.2) is 48.7 Å². The molecule has 0 bridgehead atoms. The zero-order valence-corrected chi connectivity index (χ0v) is 19.8. The highest BCUT2D eigenvalue weighted by Crippen LogP contribution is 2.31. The number of nitrogens with zero attached hydrogens (tertiary/aromatic N) is 2. The first-order chi connectivity index (χ1) is 16.5.